The van der Waals surface area contributed by atoms with E-state index < -0.39 is 0 Å². The van der Waals surface area contributed by atoms with Gasteiger partial charge in [0.1, 0.15) is 0 Å². The lowest BCUT2D eigenvalue weighted by atomic mass is 9.70. The van der Waals surface area contributed by atoms with Gasteiger partial charge in [0, 0.05) is 25.2 Å². The van der Waals surface area contributed by atoms with Crippen LogP contribution in [-0.2, 0) is 0 Å². The fourth-order valence-electron chi connectivity index (χ4n) is 2.93. The molecule has 3 rings (SSSR count). The number of nitrogens with two attached hydrogens (primary N) is 1. The number of aliphatic hydroxyl groups excluding tert-OH is 2. The fourth-order valence-corrected chi connectivity index (χ4v) is 2.93. The molecular weight excluding hydrogens is 274 g/mol. The average Bonchev–Trinajstić information content (AvgIpc) is 2.83. The zero-order chi connectivity index (χ0) is 15.0. The number of fused-ring (bicyclic) bond motifs is 1. The van der Waals surface area contributed by atoms with E-state index in [0.29, 0.717) is 17.8 Å². The zero-order valence-corrected chi connectivity index (χ0v) is 11.8. The Kier molecular flexibility index (Phi) is 3.64. The van der Waals surface area contributed by atoms with E-state index in [9.17, 15) is 10.2 Å². The molecule has 1 fully saturated rings. The Hall–Kier alpha value is -1.93. The molecule has 1 aliphatic rings. The van der Waals surface area contributed by atoms with Gasteiger partial charge in [0.15, 0.2) is 17.0 Å². The SMILES string of the molecule is CCOc1nc(N)c2ncn([C@H]3C[C@@H](CO)[C@@H]3CO)c2n1. The molecule has 0 bridgehead atoms. The number of aliphatic hydroxyl groups is 2. The van der Waals surface area contributed by atoms with Crippen molar-refractivity contribution in [1.82, 2.24) is 19.5 Å². The van der Waals surface area contributed by atoms with E-state index in [0.717, 1.165) is 6.42 Å². The molecule has 0 amide bonds. The van der Waals surface area contributed by atoms with Crippen molar-refractivity contribution in [3.05, 3.63) is 6.33 Å². The number of ether oxygens (including phenoxy) is 1. The first-order valence-corrected chi connectivity index (χ1v) is 7.04. The number of nitrogen functional groups attached to an aromatic ring is 1. The van der Waals surface area contributed by atoms with Gasteiger partial charge in [0.2, 0.25) is 0 Å². The summed E-state index contributed by atoms with van der Waals surface area (Å²) in [5, 5.41) is 18.8. The van der Waals surface area contributed by atoms with Crippen LogP contribution in [-0.4, -0.2) is 49.6 Å². The Morgan fingerprint density at radius 2 is 2.19 bits per heavy atom. The molecule has 4 N–H and O–H groups in total. The van der Waals surface area contributed by atoms with E-state index in [1.807, 2.05) is 11.5 Å². The van der Waals surface area contributed by atoms with Gasteiger partial charge in [-0.1, -0.05) is 0 Å². The van der Waals surface area contributed by atoms with Gasteiger partial charge < -0.3 is 25.3 Å². The van der Waals surface area contributed by atoms with Gasteiger partial charge in [0.25, 0.3) is 0 Å². The predicted molar refractivity (Wildman–Crippen MR) is 75.7 cm³/mol. The van der Waals surface area contributed by atoms with E-state index in [-0.39, 0.29) is 42.9 Å². The third-order valence-corrected chi connectivity index (χ3v) is 4.15. The molecule has 1 saturated carbocycles. The summed E-state index contributed by atoms with van der Waals surface area (Å²) in [5.41, 5.74) is 7.02. The van der Waals surface area contributed by atoms with Gasteiger partial charge in [-0.3, -0.25) is 0 Å². The largest absolute Gasteiger partial charge is 0.464 e. The van der Waals surface area contributed by atoms with Gasteiger partial charge in [-0.25, -0.2) is 4.98 Å². The van der Waals surface area contributed by atoms with E-state index in [1.54, 1.807) is 6.33 Å². The summed E-state index contributed by atoms with van der Waals surface area (Å²) in [6, 6.07) is 0.281. The highest BCUT2D eigenvalue weighted by molar-refractivity contribution is 5.82. The molecule has 8 nitrogen and oxygen atoms in total. The van der Waals surface area contributed by atoms with Crippen molar-refractivity contribution in [1.29, 1.82) is 0 Å². The molecule has 2 aromatic rings. The molecule has 3 atom stereocenters. The first kappa shape index (κ1) is 14.0. The van der Waals surface area contributed by atoms with Crippen molar-refractivity contribution in [2.24, 2.45) is 11.8 Å². The average molecular weight is 293 g/mol. The van der Waals surface area contributed by atoms with Crippen LogP contribution in [0.1, 0.15) is 19.4 Å². The van der Waals surface area contributed by atoms with Crippen molar-refractivity contribution < 1.29 is 14.9 Å². The molecule has 1 aliphatic carbocycles. The molecule has 114 valence electrons. The number of hydrogen-bond donors (Lipinski definition) is 3. The Balaban J connectivity index is 2.00. The predicted octanol–water partition coefficient (Wildman–Crippen LogP) is -0.0310. The second-order valence-electron chi connectivity index (χ2n) is 5.24. The molecule has 0 aliphatic heterocycles. The third-order valence-electron chi connectivity index (χ3n) is 4.15. The smallest absolute Gasteiger partial charge is 0.320 e. The molecule has 2 heterocycles. The number of nitrogens with zero attached hydrogens (tertiary/aromatic N) is 4. The second-order valence-corrected chi connectivity index (χ2v) is 5.24. The lowest BCUT2D eigenvalue weighted by Gasteiger charge is -2.43. The van der Waals surface area contributed by atoms with Crippen molar-refractivity contribution in [2.75, 3.05) is 25.6 Å². The molecule has 2 aromatic heterocycles. The molecule has 8 heteroatoms. The standard InChI is InChI=1S/C13H19N5O3/c1-2-21-13-16-11(14)10-12(17-13)18(6-15-10)9-3-7(4-19)8(9)5-20/h6-9,19-20H,2-5H2,1H3,(H2,14,16,17)/t7-,8-,9-/m0/s1. The highest BCUT2D eigenvalue weighted by Gasteiger charge is 2.42. The summed E-state index contributed by atoms with van der Waals surface area (Å²) in [6.45, 7) is 2.40. The molecule has 0 spiro atoms. The van der Waals surface area contributed by atoms with Crippen LogP contribution in [0.3, 0.4) is 0 Å². The summed E-state index contributed by atoms with van der Waals surface area (Å²) < 4.78 is 7.21. The van der Waals surface area contributed by atoms with Gasteiger partial charge in [-0.05, 0) is 19.3 Å². The highest BCUT2D eigenvalue weighted by atomic mass is 16.5. The minimum atomic E-state index is -0.000802. The van der Waals surface area contributed by atoms with Gasteiger partial charge in [-0.15, -0.1) is 0 Å². The van der Waals surface area contributed by atoms with Crippen molar-refractivity contribution in [3.63, 3.8) is 0 Å². The molecule has 0 unspecified atom stereocenters. The van der Waals surface area contributed by atoms with Crippen LogP contribution in [0, 0.1) is 11.8 Å². The lowest BCUT2D eigenvalue weighted by Crippen LogP contribution is -2.42. The summed E-state index contributed by atoms with van der Waals surface area (Å²) in [6.07, 6.45) is 2.44. The summed E-state index contributed by atoms with van der Waals surface area (Å²) >= 11 is 0. The fraction of sp³-hybridized carbons (Fsp3) is 0.615. The van der Waals surface area contributed by atoms with Crippen LogP contribution in [0.15, 0.2) is 6.33 Å². The van der Waals surface area contributed by atoms with E-state index in [4.69, 9.17) is 10.5 Å². The number of aromatic nitrogens is 4. The molecule has 0 saturated heterocycles. The van der Waals surface area contributed by atoms with Crippen molar-refractivity contribution in [3.8, 4) is 6.01 Å². The molecule has 0 radical (unpaired) electrons. The number of hydrogen-bond acceptors (Lipinski definition) is 7. The maximum absolute atomic E-state index is 9.50. The van der Waals surface area contributed by atoms with Crippen LogP contribution in [0.5, 0.6) is 6.01 Å². The van der Waals surface area contributed by atoms with Gasteiger partial charge in [-0.2, -0.15) is 9.97 Å². The minimum absolute atomic E-state index is 0.000802. The van der Waals surface area contributed by atoms with Crippen LogP contribution < -0.4 is 10.5 Å². The maximum atomic E-state index is 9.50. The molecular formula is C13H19N5O3. The van der Waals surface area contributed by atoms with E-state index in [2.05, 4.69) is 15.0 Å². The van der Waals surface area contributed by atoms with Crippen molar-refractivity contribution >= 4 is 17.0 Å². The monoisotopic (exact) mass is 293 g/mol. The Bertz CT molecular complexity index is 644. The van der Waals surface area contributed by atoms with Crippen molar-refractivity contribution in [2.45, 2.75) is 19.4 Å². The second kappa shape index (κ2) is 5.45. The van der Waals surface area contributed by atoms with Crippen LogP contribution in [0.2, 0.25) is 0 Å². The van der Waals surface area contributed by atoms with E-state index >= 15 is 0 Å². The summed E-state index contributed by atoms with van der Waals surface area (Å²) in [7, 11) is 0. The zero-order valence-electron chi connectivity index (χ0n) is 11.8. The highest BCUT2D eigenvalue weighted by Crippen LogP contribution is 2.44. The van der Waals surface area contributed by atoms with Gasteiger partial charge in [0.05, 0.1) is 12.9 Å². The number of rotatable bonds is 5. The normalized spacial score (nSPS) is 25.0. The van der Waals surface area contributed by atoms with Crippen LogP contribution in [0.25, 0.3) is 11.2 Å². The summed E-state index contributed by atoms with van der Waals surface area (Å²) in [4.78, 5) is 12.7. The first-order valence-electron chi connectivity index (χ1n) is 7.04. The third kappa shape index (κ3) is 2.20. The Morgan fingerprint density at radius 1 is 1.38 bits per heavy atom. The van der Waals surface area contributed by atoms with Crippen LogP contribution in [0.4, 0.5) is 5.82 Å². The van der Waals surface area contributed by atoms with Crippen LogP contribution >= 0.6 is 0 Å². The Morgan fingerprint density at radius 3 is 2.86 bits per heavy atom. The van der Waals surface area contributed by atoms with Gasteiger partial charge >= 0.3 is 6.01 Å². The number of anilines is 1. The maximum Gasteiger partial charge on any atom is 0.320 e. The van der Waals surface area contributed by atoms with E-state index in [1.165, 1.54) is 0 Å². The topological polar surface area (TPSA) is 119 Å². The summed E-state index contributed by atoms with van der Waals surface area (Å²) in [5.74, 6) is 0.392. The molecule has 21 heavy (non-hydrogen) atoms. The quantitative estimate of drug-likeness (QED) is 0.708. The Labute approximate surface area is 121 Å². The first-order chi connectivity index (χ1) is 10.2. The molecule has 0 aromatic carbocycles. The lowest BCUT2D eigenvalue weighted by molar-refractivity contribution is -0.00531. The number of imidazole rings is 1. The minimum Gasteiger partial charge on any atom is -0.464 e.